The summed E-state index contributed by atoms with van der Waals surface area (Å²) in [6.07, 6.45) is 1.79. The van der Waals surface area contributed by atoms with Crippen molar-refractivity contribution in [1.29, 1.82) is 0 Å². The van der Waals surface area contributed by atoms with Crippen molar-refractivity contribution in [2.45, 2.75) is 132 Å². The standard InChI is InChI=1S/C30H51N3O4/c1-13-16-21(5)31-26(34)25(23-18-15-17-20(4)22(23)6)33(29(7,8)9)27(35)24(19(3)14-2)32-28(36)37-30(10,11)12/h15,17-19,21,24-25H,13-14,16H2,1-12H3,(H,31,34)(H,32,36). The van der Waals surface area contributed by atoms with Gasteiger partial charge in [-0.1, -0.05) is 51.8 Å². The highest BCUT2D eigenvalue weighted by atomic mass is 16.6. The van der Waals surface area contributed by atoms with E-state index in [1.54, 1.807) is 25.7 Å². The molecule has 7 heteroatoms. The molecule has 210 valence electrons. The Kier molecular flexibility index (Phi) is 11.7. The topological polar surface area (TPSA) is 87.7 Å². The zero-order valence-corrected chi connectivity index (χ0v) is 25.2. The minimum atomic E-state index is -0.862. The van der Waals surface area contributed by atoms with E-state index in [2.05, 4.69) is 17.6 Å². The molecule has 0 aliphatic rings. The fraction of sp³-hybridized carbons (Fsp3) is 0.700. The van der Waals surface area contributed by atoms with Gasteiger partial charge in [-0.05, 0) is 91.3 Å². The Morgan fingerprint density at radius 1 is 0.973 bits per heavy atom. The molecule has 0 aliphatic carbocycles. The van der Waals surface area contributed by atoms with Gasteiger partial charge in [-0.15, -0.1) is 0 Å². The molecule has 37 heavy (non-hydrogen) atoms. The van der Waals surface area contributed by atoms with Crippen LogP contribution in [0.1, 0.15) is 111 Å². The first-order valence-corrected chi connectivity index (χ1v) is 13.6. The first-order valence-electron chi connectivity index (χ1n) is 13.6. The van der Waals surface area contributed by atoms with E-state index < -0.39 is 29.3 Å². The molecule has 0 fully saturated rings. The average molecular weight is 518 g/mol. The van der Waals surface area contributed by atoms with Crippen LogP contribution in [0.15, 0.2) is 18.2 Å². The van der Waals surface area contributed by atoms with Crippen LogP contribution in [-0.4, -0.2) is 46.0 Å². The number of alkyl carbamates (subject to hydrolysis) is 1. The monoisotopic (exact) mass is 517 g/mol. The number of nitrogens with one attached hydrogen (secondary N) is 2. The summed E-state index contributed by atoms with van der Waals surface area (Å²) in [7, 11) is 0. The van der Waals surface area contributed by atoms with E-state index in [0.29, 0.717) is 6.42 Å². The SMILES string of the molecule is CCCC(C)NC(=O)C(c1cccc(C)c1C)N(C(=O)C(NC(=O)OC(C)(C)C)C(C)CC)C(C)(C)C. The van der Waals surface area contributed by atoms with Crippen molar-refractivity contribution in [3.8, 4) is 0 Å². The Balaban J connectivity index is 3.69. The summed E-state index contributed by atoms with van der Waals surface area (Å²) in [5.74, 6) is -0.707. The molecule has 0 aromatic heterocycles. The molecule has 0 heterocycles. The minimum absolute atomic E-state index is 0.0349. The molecule has 0 radical (unpaired) electrons. The quantitative estimate of drug-likeness (QED) is 0.386. The van der Waals surface area contributed by atoms with Gasteiger partial charge in [0.15, 0.2) is 0 Å². The van der Waals surface area contributed by atoms with Gasteiger partial charge in [0.2, 0.25) is 11.8 Å². The largest absolute Gasteiger partial charge is 0.444 e. The highest BCUT2D eigenvalue weighted by molar-refractivity contribution is 5.93. The molecule has 7 nitrogen and oxygen atoms in total. The predicted octanol–water partition coefficient (Wildman–Crippen LogP) is 6.22. The molecule has 4 unspecified atom stereocenters. The maximum Gasteiger partial charge on any atom is 0.408 e. The van der Waals surface area contributed by atoms with Gasteiger partial charge in [0.05, 0.1) is 0 Å². The van der Waals surface area contributed by atoms with Crippen LogP contribution in [0, 0.1) is 19.8 Å². The van der Waals surface area contributed by atoms with Gasteiger partial charge >= 0.3 is 6.09 Å². The van der Waals surface area contributed by atoms with E-state index in [9.17, 15) is 14.4 Å². The van der Waals surface area contributed by atoms with Crippen molar-refractivity contribution >= 4 is 17.9 Å². The van der Waals surface area contributed by atoms with Crippen LogP contribution in [-0.2, 0) is 14.3 Å². The molecule has 0 aliphatic heterocycles. The minimum Gasteiger partial charge on any atom is -0.444 e. The summed E-state index contributed by atoms with van der Waals surface area (Å²) in [5.41, 5.74) is 1.37. The van der Waals surface area contributed by atoms with Crippen LogP contribution in [0.5, 0.6) is 0 Å². The van der Waals surface area contributed by atoms with Crippen LogP contribution in [0.4, 0.5) is 4.79 Å². The third-order valence-corrected chi connectivity index (χ3v) is 6.67. The van der Waals surface area contributed by atoms with Gasteiger partial charge in [-0.3, -0.25) is 9.59 Å². The van der Waals surface area contributed by atoms with Gasteiger partial charge in [0.25, 0.3) is 0 Å². The van der Waals surface area contributed by atoms with E-state index in [1.807, 2.05) is 73.6 Å². The molecule has 2 N–H and O–H groups in total. The Morgan fingerprint density at radius 2 is 1.57 bits per heavy atom. The van der Waals surface area contributed by atoms with Gasteiger partial charge in [0, 0.05) is 11.6 Å². The van der Waals surface area contributed by atoms with Gasteiger partial charge in [-0.25, -0.2) is 4.79 Å². The number of benzene rings is 1. The second kappa shape index (κ2) is 13.3. The molecule has 1 aromatic rings. The molecule has 1 aromatic carbocycles. The highest BCUT2D eigenvalue weighted by Gasteiger charge is 2.43. The third kappa shape index (κ3) is 9.35. The number of ether oxygens (including phenoxy) is 1. The fourth-order valence-electron chi connectivity index (χ4n) is 4.41. The molecule has 1 rings (SSSR count). The molecule has 4 atom stereocenters. The second-order valence-corrected chi connectivity index (χ2v) is 12.3. The van der Waals surface area contributed by atoms with E-state index in [4.69, 9.17) is 4.74 Å². The number of nitrogens with zero attached hydrogens (tertiary/aromatic N) is 1. The Hall–Kier alpha value is -2.57. The van der Waals surface area contributed by atoms with E-state index >= 15 is 0 Å². The lowest BCUT2D eigenvalue weighted by Crippen LogP contribution is -2.60. The average Bonchev–Trinajstić information content (AvgIpc) is 2.75. The highest BCUT2D eigenvalue weighted by Crippen LogP contribution is 2.33. The van der Waals surface area contributed by atoms with E-state index in [1.165, 1.54) is 0 Å². The zero-order valence-electron chi connectivity index (χ0n) is 25.2. The maximum atomic E-state index is 14.4. The van der Waals surface area contributed by atoms with E-state index in [0.717, 1.165) is 29.5 Å². The van der Waals surface area contributed by atoms with Crippen molar-refractivity contribution in [1.82, 2.24) is 15.5 Å². The number of amides is 3. The molecular weight excluding hydrogens is 466 g/mol. The molecule has 0 saturated heterocycles. The lowest BCUT2D eigenvalue weighted by atomic mass is 9.89. The van der Waals surface area contributed by atoms with Crippen molar-refractivity contribution < 1.29 is 19.1 Å². The predicted molar refractivity (Wildman–Crippen MR) is 150 cm³/mol. The van der Waals surface area contributed by atoms with Crippen LogP contribution in [0.3, 0.4) is 0 Å². The smallest absolute Gasteiger partial charge is 0.408 e. The number of rotatable bonds is 10. The summed E-state index contributed by atoms with van der Waals surface area (Å²) >= 11 is 0. The number of carbonyl (C=O) groups excluding carboxylic acids is 3. The molecular formula is C30H51N3O4. The summed E-state index contributed by atoms with van der Waals surface area (Å²) in [5, 5.41) is 5.97. The lowest BCUT2D eigenvalue weighted by molar-refractivity contribution is -0.149. The lowest BCUT2D eigenvalue weighted by Gasteiger charge is -2.44. The zero-order chi connectivity index (χ0) is 28.7. The number of hydrogen-bond donors (Lipinski definition) is 2. The molecule has 0 spiro atoms. The van der Waals surface area contributed by atoms with Gasteiger partial charge in [0.1, 0.15) is 17.7 Å². The second-order valence-electron chi connectivity index (χ2n) is 12.3. The fourth-order valence-corrected chi connectivity index (χ4v) is 4.41. The van der Waals surface area contributed by atoms with Crippen LogP contribution in [0.2, 0.25) is 0 Å². The summed E-state index contributed by atoms with van der Waals surface area (Å²) in [6.45, 7) is 23.1. The molecule has 3 amide bonds. The van der Waals surface area contributed by atoms with E-state index in [-0.39, 0.29) is 23.8 Å². The maximum absolute atomic E-state index is 14.4. The third-order valence-electron chi connectivity index (χ3n) is 6.67. The van der Waals surface area contributed by atoms with Crippen molar-refractivity contribution in [3.63, 3.8) is 0 Å². The number of carbonyl (C=O) groups is 3. The van der Waals surface area contributed by atoms with Crippen molar-refractivity contribution in [2.24, 2.45) is 5.92 Å². The number of hydrogen-bond acceptors (Lipinski definition) is 4. The van der Waals surface area contributed by atoms with Gasteiger partial charge in [-0.2, -0.15) is 0 Å². The Labute approximate surface area is 225 Å². The normalized spacial score (nSPS) is 15.2. The summed E-state index contributed by atoms with van der Waals surface area (Å²) in [6, 6.07) is 4.09. The first-order chi connectivity index (χ1) is 16.9. The molecule has 0 saturated carbocycles. The van der Waals surface area contributed by atoms with Crippen molar-refractivity contribution in [2.75, 3.05) is 0 Å². The Bertz CT molecular complexity index is 930. The van der Waals surface area contributed by atoms with Crippen molar-refractivity contribution in [3.05, 3.63) is 34.9 Å². The van der Waals surface area contributed by atoms with Crippen LogP contribution < -0.4 is 10.6 Å². The molecule has 0 bridgehead atoms. The first kappa shape index (κ1) is 32.5. The Morgan fingerprint density at radius 3 is 2.05 bits per heavy atom. The van der Waals surface area contributed by atoms with Crippen LogP contribution in [0.25, 0.3) is 0 Å². The van der Waals surface area contributed by atoms with Crippen LogP contribution >= 0.6 is 0 Å². The van der Waals surface area contributed by atoms with Gasteiger partial charge < -0.3 is 20.3 Å². The summed E-state index contributed by atoms with van der Waals surface area (Å²) in [4.78, 5) is 42.8. The number of aryl methyl sites for hydroxylation is 1. The summed E-state index contributed by atoms with van der Waals surface area (Å²) < 4.78 is 5.49.